The van der Waals surface area contributed by atoms with Gasteiger partial charge in [0.1, 0.15) is 5.75 Å². The van der Waals surface area contributed by atoms with Gasteiger partial charge in [0.05, 0.1) is 39.2 Å². The molecule has 2 aromatic rings. The first kappa shape index (κ1) is 21.2. The molecule has 0 spiro atoms. The minimum Gasteiger partial charge on any atom is -0.496 e. The molecule has 1 N–H and O–H groups in total. The van der Waals surface area contributed by atoms with E-state index in [9.17, 15) is 0 Å². The monoisotopic (exact) mass is 399 g/mol. The lowest BCUT2D eigenvalue weighted by Crippen LogP contribution is -2.49. The lowest BCUT2D eigenvalue weighted by Gasteiger charge is -2.39. The van der Waals surface area contributed by atoms with E-state index in [2.05, 4.69) is 39.8 Å². The maximum absolute atomic E-state index is 5.83. The van der Waals surface area contributed by atoms with Gasteiger partial charge in [-0.1, -0.05) is 25.1 Å². The Bertz CT molecular complexity index is 762. The van der Waals surface area contributed by atoms with Crippen LogP contribution in [0.25, 0.3) is 0 Å². The van der Waals surface area contributed by atoms with Crippen molar-refractivity contribution < 1.29 is 9.47 Å². The second-order valence-corrected chi connectivity index (χ2v) is 7.39. The molecule has 2 heterocycles. The average Bonchev–Trinajstić information content (AvgIpc) is 3.28. The molecule has 7 nitrogen and oxygen atoms in total. The molecule has 0 radical (unpaired) electrons. The van der Waals surface area contributed by atoms with Gasteiger partial charge in [-0.15, -0.1) is 0 Å². The number of imidazole rings is 1. The number of hydrogen-bond donors (Lipinski definition) is 1. The van der Waals surface area contributed by atoms with Gasteiger partial charge in [-0.2, -0.15) is 0 Å². The quantitative estimate of drug-likeness (QED) is 0.420. The van der Waals surface area contributed by atoms with Crippen molar-refractivity contribution in [3.05, 3.63) is 48.5 Å². The first-order valence-electron chi connectivity index (χ1n) is 10.4. The van der Waals surface area contributed by atoms with Crippen LogP contribution in [0.1, 0.15) is 31.9 Å². The molecular formula is C22H33N5O2. The summed E-state index contributed by atoms with van der Waals surface area (Å²) in [6.07, 6.45) is 6.96. The normalized spacial score (nSPS) is 20.0. The van der Waals surface area contributed by atoms with E-state index in [4.69, 9.17) is 14.5 Å². The first-order valence-corrected chi connectivity index (χ1v) is 10.4. The van der Waals surface area contributed by atoms with Crippen molar-refractivity contribution in [2.75, 3.05) is 39.9 Å². The average molecular weight is 400 g/mol. The Labute approximate surface area is 173 Å². The zero-order chi connectivity index (χ0) is 20.5. The van der Waals surface area contributed by atoms with Gasteiger partial charge < -0.3 is 24.3 Å². The molecule has 0 saturated carbocycles. The van der Waals surface area contributed by atoms with Gasteiger partial charge in [-0.25, -0.2) is 4.98 Å². The Morgan fingerprint density at radius 2 is 2.21 bits per heavy atom. The molecule has 3 rings (SSSR count). The predicted octanol–water partition coefficient (Wildman–Crippen LogP) is 2.96. The molecule has 1 aliphatic rings. The van der Waals surface area contributed by atoms with Gasteiger partial charge in [0, 0.05) is 37.6 Å². The Hall–Kier alpha value is -2.54. The number of methoxy groups -OCH3 is 1. The number of aliphatic imine (C=N–C) groups is 1. The SMILES string of the molecule is CCNC(=NCCOCc1ccccc1OC)N1CCC(C)C(n2ccnc2)C1. The number of nitrogens with zero attached hydrogens (tertiary/aromatic N) is 4. The zero-order valence-electron chi connectivity index (χ0n) is 17.8. The van der Waals surface area contributed by atoms with Crippen molar-refractivity contribution in [2.24, 2.45) is 10.9 Å². The number of rotatable bonds is 8. The molecule has 0 amide bonds. The third kappa shape index (κ3) is 5.73. The minimum absolute atomic E-state index is 0.414. The predicted molar refractivity (Wildman–Crippen MR) is 115 cm³/mol. The molecule has 1 saturated heterocycles. The number of likely N-dealkylation sites (tertiary alicyclic amines) is 1. The Balaban J connectivity index is 1.54. The molecule has 0 bridgehead atoms. The van der Waals surface area contributed by atoms with E-state index < -0.39 is 0 Å². The van der Waals surface area contributed by atoms with E-state index >= 15 is 0 Å². The van der Waals surface area contributed by atoms with Crippen LogP contribution in [-0.2, 0) is 11.3 Å². The standard InChI is InChI=1S/C22H33N5O2/c1-4-24-22(25-11-14-29-16-19-7-5-6-8-21(19)28-3)26-12-9-18(2)20(15-26)27-13-10-23-17-27/h5-8,10,13,17-18,20H,4,9,11-12,14-16H2,1-3H3,(H,24,25). The van der Waals surface area contributed by atoms with E-state index in [1.54, 1.807) is 7.11 Å². The summed E-state index contributed by atoms with van der Waals surface area (Å²) >= 11 is 0. The molecule has 1 fully saturated rings. The highest BCUT2D eigenvalue weighted by Crippen LogP contribution is 2.27. The summed E-state index contributed by atoms with van der Waals surface area (Å²) in [6.45, 7) is 8.95. The molecular weight excluding hydrogens is 366 g/mol. The highest BCUT2D eigenvalue weighted by atomic mass is 16.5. The summed E-state index contributed by atoms with van der Waals surface area (Å²) in [7, 11) is 1.68. The zero-order valence-corrected chi connectivity index (χ0v) is 17.8. The maximum Gasteiger partial charge on any atom is 0.194 e. The number of benzene rings is 1. The Kier molecular flexibility index (Phi) is 7.93. The number of hydrogen-bond acceptors (Lipinski definition) is 4. The van der Waals surface area contributed by atoms with Crippen molar-refractivity contribution in [2.45, 2.75) is 32.9 Å². The fourth-order valence-electron chi connectivity index (χ4n) is 3.74. The topological polar surface area (TPSA) is 63.9 Å². The second kappa shape index (κ2) is 10.9. The summed E-state index contributed by atoms with van der Waals surface area (Å²) in [6, 6.07) is 8.35. The summed E-state index contributed by atoms with van der Waals surface area (Å²) in [5.41, 5.74) is 1.05. The first-order chi connectivity index (χ1) is 14.2. The number of piperidine rings is 1. The third-order valence-corrected chi connectivity index (χ3v) is 5.41. The van der Waals surface area contributed by atoms with E-state index in [1.807, 2.05) is 36.8 Å². The van der Waals surface area contributed by atoms with Gasteiger partial charge in [-0.05, 0) is 25.3 Å². The molecule has 1 aromatic carbocycles. The van der Waals surface area contributed by atoms with E-state index in [0.717, 1.165) is 43.3 Å². The largest absolute Gasteiger partial charge is 0.496 e. The van der Waals surface area contributed by atoms with Crippen LogP contribution in [0.15, 0.2) is 48.0 Å². The minimum atomic E-state index is 0.414. The number of nitrogens with one attached hydrogen (secondary N) is 1. The van der Waals surface area contributed by atoms with E-state index in [-0.39, 0.29) is 0 Å². The van der Waals surface area contributed by atoms with Gasteiger partial charge in [0.15, 0.2) is 5.96 Å². The van der Waals surface area contributed by atoms with Crippen LogP contribution < -0.4 is 10.1 Å². The van der Waals surface area contributed by atoms with Crippen molar-refractivity contribution in [3.8, 4) is 5.75 Å². The van der Waals surface area contributed by atoms with Crippen LogP contribution in [0.2, 0.25) is 0 Å². The van der Waals surface area contributed by atoms with Gasteiger partial charge in [0.25, 0.3) is 0 Å². The Morgan fingerprint density at radius 1 is 1.34 bits per heavy atom. The fraction of sp³-hybridized carbons (Fsp3) is 0.545. The Morgan fingerprint density at radius 3 is 2.97 bits per heavy atom. The van der Waals surface area contributed by atoms with Crippen LogP contribution in [0.5, 0.6) is 5.75 Å². The van der Waals surface area contributed by atoms with Crippen LogP contribution in [0.4, 0.5) is 0 Å². The van der Waals surface area contributed by atoms with Crippen molar-refractivity contribution >= 4 is 5.96 Å². The van der Waals surface area contributed by atoms with Crippen LogP contribution >= 0.6 is 0 Å². The van der Waals surface area contributed by atoms with Crippen LogP contribution in [0.3, 0.4) is 0 Å². The lowest BCUT2D eigenvalue weighted by molar-refractivity contribution is 0.126. The summed E-state index contributed by atoms with van der Waals surface area (Å²) in [4.78, 5) is 11.4. The summed E-state index contributed by atoms with van der Waals surface area (Å²) in [5, 5.41) is 3.44. The van der Waals surface area contributed by atoms with Crippen molar-refractivity contribution in [1.29, 1.82) is 0 Å². The maximum atomic E-state index is 5.83. The summed E-state index contributed by atoms with van der Waals surface area (Å²) < 4.78 is 13.4. The van der Waals surface area contributed by atoms with Gasteiger partial charge in [-0.3, -0.25) is 4.99 Å². The molecule has 1 aliphatic heterocycles. The molecule has 1 aromatic heterocycles. The van der Waals surface area contributed by atoms with Crippen molar-refractivity contribution in [3.63, 3.8) is 0 Å². The molecule has 29 heavy (non-hydrogen) atoms. The molecule has 0 aliphatic carbocycles. The molecule has 2 unspecified atom stereocenters. The smallest absolute Gasteiger partial charge is 0.194 e. The van der Waals surface area contributed by atoms with Crippen LogP contribution in [-0.4, -0.2) is 60.3 Å². The second-order valence-electron chi connectivity index (χ2n) is 7.39. The number of aromatic nitrogens is 2. The summed E-state index contributed by atoms with van der Waals surface area (Å²) in [5.74, 6) is 2.44. The molecule has 2 atom stereocenters. The molecule has 158 valence electrons. The number of para-hydroxylation sites is 1. The van der Waals surface area contributed by atoms with Gasteiger partial charge >= 0.3 is 0 Å². The fourth-order valence-corrected chi connectivity index (χ4v) is 3.74. The van der Waals surface area contributed by atoms with Crippen LogP contribution in [0, 0.1) is 5.92 Å². The highest BCUT2D eigenvalue weighted by Gasteiger charge is 2.28. The molecule has 7 heteroatoms. The highest BCUT2D eigenvalue weighted by molar-refractivity contribution is 5.80. The van der Waals surface area contributed by atoms with E-state index in [0.29, 0.717) is 31.7 Å². The third-order valence-electron chi connectivity index (χ3n) is 5.41. The lowest BCUT2D eigenvalue weighted by atomic mass is 9.93. The van der Waals surface area contributed by atoms with Gasteiger partial charge in [0.2, 0.25) is 0 Å². The number of guanidine groups is 1. The number of ether oxygens (including phenoxy) is 2. The van der Waals surface area contributed by atoms with Crippen molar-refractivity contribution in [1.82, 2.24) is 19.8 Å². The van der Waals surface area contributed by atoms with E-state index in [1.165, 1.54) is 0 Å².